The lowest BCUT2D eigenvalue weighted by Crippen LogP contribution is -1.91. The number of phenolic OH excluding ortho intramolecular Hbond substituents is 1. The Hall–Kier alpha value is -1.84. The van der Waals surface area contributed by atoms with Crippen LogP contribution in [0.4, 0.5) is 0 Å². The standard InChI is InChI=1S/C14H16N2O2/c1-8-6-9(4-5-11(8)17)13-15-12(16-18-13)10-7-14(10,2)3/h4-6,10,17H,7H2,1-3H3. The minimum absolute atomic E-state index is 0.279. The summed E-state index contributed by atoms with van der Waals surface area (Å²) in [7, 11) is 0. The molecule has 1 unspecified atom stereocenters. The van der Waals surface area contributed by atoms with Crippen LogP contribution in [0.25, 0.3) is 11.5 Å². The van der Waals surface area contributed by atoms with Gasteiger partial charge in [-0.05, 0) is 42.5 Å². The lowest BCUT2D eigenvalue weighted by molar-refractivity contribution is 0.419. The summed E-state index contributed by atoms with van der Waals surface area (Å²) in [6.45, 7) is 6.26. The second-order valence-electron chi connectivity index (χ2n) is 5.70. The van der Waals surface area contributed by atoms with E-state index < -0.39 is 0 Å². The van der Waals surface area contributed by atoms with E-state index in [0.717, 1.165) is 23.4 Å². The van der Waals surface area contributed by atoms with Crippen molar-refractivity contribution in [2.45, 2.75) is 33.1 Å². The average Bonchev–Trinajstić information content (AvgIpc) is 2.78. The first-order valence-electron chi connectivity index (χ1n) is 6.11. The van der Waals surface area contributed by atoms with E-state index in [-0.39, 0.29) is 5.75 Å². The SMILES string of the molecule is Cc1cc(-c2nc(C3CC3(C)C)no2)ccc1O. The highest BCUT2D eigenvalue weighted by molar-refractivity contribution is 5.56. The van der Waals surface area contributed by atoms with Gasteiger partial charge in [0, 0.05) is 11.5 Å². The zero-order chi connectivity index (χ0) is 12.9. The Morgan fingerprint density at radius 1 is 1.39 bits per heavy atom. The molecular formula is C14H16N2O2. The van der Waals surface area contributed by atoms with E-state index in [0.29, 0.717) is 17.2 Å². The van der Waals surface area contributed by atoms with Crippen molar-refractivity contribution in [2.24, 2.45) is 5.41 Å². The van der Waals surface area contributed by atoms with Crippen LogP contribution >= 0.6 is 0 Å². The molecule has 1 N–H and O–H groups in total. The van der Waals surface area contributed by atoms with Gasteiger partial charge < -0.3 is 9.63 Å². The summed E-state index contributed by atoms with van der Waals surface area (Å²) in [4.78, 5) is 4.45. The normalized spacial score (nSPS) is 20.9. The fourth-order valence-electron chi connectivity index (χ4n) is 2.19. The predicted octanol–water partition coefficient (Wildman–Crippen LogP) is 3.26. The molecule has 4 heteroatoms. The average molecular weight is 244 g/mol. The largest absolute Gasteiger partial charge is 0.508 e. The van der Waals surface area contributed by atoms with Crippen molar-refractivity contribution < 1.29 is 9.63 Å². The molecule has 0 amide bonds. The molecule has 0 radical (unpaired) electrons. The van der Waals surface area contributed by atoms with Crippen LogP contribution in [0.15, 0.2) is 22.7 Å². The highest BCUT2D eigenvalue weighted by Crippen LogP contribution is 2.57. The quantitative estimate of drug-likeness (QED) is 0.880. The van der Waals surface area contributed by atoms with Gasteiger partial charge in [-0.15, -0.1) is 0 Å². The minimum Gasteiger partial charge on any atom is -0.508 e. The van der Waals surface area contributed by atoms with Crippen LogP contribution in [0.1, 0.15) is 37.6 Å². The molecule has 18 heavy (non-hydrogen) atoms. The topological polar surface area (TPSA) is 59.2 Å². The summed E-state index contributed by atoms with van der Waals surface area (Å²) in [5.41, 5.74) is 1.95. The maximum atomic E-state index is 9.50. The van der Waals surface area contributed by atoms with Crippen molar-refractivity contribution in [1.82, 2.24) is 10.1 Å². The van der Waals surface area contributed by atoms with Crippen LogP contribution < -0.4 is 0 Å². The molecule has 1 saturated carbocycles. The molecule has 0 saturated heterocycles. The van der Waals surface area contributed by atoms with Gasteiger partial charge in [-0.3, -0.25) is 0 Å². The van der Waals surface area contributed by atoms with Gasteiger partial charge in [0.25, 0.3) is 5.89 Å². The molecular weight excluding hydrogens is 228 g/mol. The molecule has 0 spiro atoms. The molecule has 1 aromatic carbocycles. The summed E-state index contributed by atoms with van der Waals surface area (Å²) in [6, 6.07) is 5.29. The van der Waals surface area contributed by atoms with Gasteiger partial charge in [-0.25, -0.2) is 0 Å². The fourth-order valence-corrected chi connectivity index (χ4v) is 2.19. The second-order valence-corrected chi connectivity index (χ2v) is 5.70. The summed E-state index contributed by atoms with van der Waals surface area (Å²) < 4.78 is 5.30. The number of aryl methyl sites for hydroxylation is 1. The number of nitrogens with zero attached hydrogens (tertiary/aromatic N) is 2. The number of benzene rings is 1. The van der Waals surface area contributed by atoms with E-state index in [1.165, 1.54) is 0 Å². The molecule has 1 aliphatic rings. The van der Waals surface area contributed by atoms with Gasteiger partial charge in [0.15, 0.2) is 5.82 Å². The molecule has 4 nitrogen and oxygen atoms in total. The third kappa shape index (κ3) is 1.78. The molecule has 0 bridgehead atoms. The van der Waals surface area contributed by atoms with Gasteiger partial charge >= 0.3 is 0 Å². The highest BCUT2D eigenvalue weighted by atomic mass is 16.5. The Labute approximate surface area is 106 Å². The molecule has 1 atom stereocenters. The Bertz CT molecular complexity index is 602. The third-order valence-corrected chi connectivity index (χ3v) is 3.71. The van der Waals surface area contributed by atoms with Gasteiger partial charge in [-0.1, -0.05) is 19.0 Å². The van der Waals surface area contributed by atoms with Crippen LogP contribution in [0.2, 0.25) is 0 Å². The smallest absolute Gasteiger partial charge is 0.257 e. The van der Waals surface area contributed by atoms with Crippen LogP contribution in [-0.4, -0.2) is 15.2 Å². The van der Waals surface area contributed by atoms with Crippen molar-refractivity contribution in [3.05, 3.63) is 29.6 Å². The number of aromatic hydroxyl groups is 1. The highest BCUT2D eigenvalue weighted by Gasteiger charge is 2.49. The number of hydrogen-bond acceptors (Lipinski definition) is 4. The molecule has 3 rings (SSSR count). The van der Waals surface area contributed by atoms with Crippen molar-refractivity contribution >= 4 is 0 Å². The van der Waals surface area contributed by atoms with E-state index in [4.69, 9.17) is 4.52 Å². The lowest BCUT2D eigenvalue weighted by atomic mass is 10.1. The zero-order valence-electron chi connectivity index (χ0n) is 10.8. The first kappa shape index (κ1) is 11.3. The van der Waals surface area contributed by atoms with Crippen molar-refractivity contribution in [3.63, 3.8) is 0 Å². The van der Waals surface area contributed by atoms with E-state index in [1.807, 2.05) is 13.0 Å². The number of aromatic nitrogens is 2. The molecule has 94 valence electrons. The Morgan fingerprint density at radius 3 is 2.72 bits per heavy atom. The first-order valence-corrected chi connectivity index (χ1v) is 6.11. The maximum absolute atomic E-state index is 9.50. The summed E-state index contributed by atoms with van der Waals surface area (Å²) in [6.07, 6.45) is 1.11. The summed E-state index contributed by atoms with van der Waals surface area (Å²) in [5, 5.41) is 13.5. The minimum atomic E-state index is 0.279. The van der Waals surface area contributed by atoms with Crippen LogP contribution in [0, 0.1) is 12.3 Å². The number of phenols is 1. The van der Waals surface area contributed by atoms with Crippen molar-refractivity contribution in [2.75, 3.05) is 0 Å². The molecule has 1 aliphatic carbocycles. The third-order valence-electron chi connectivity index (χ3n) is 3.71. The van der Waals surface area contributed by atoms with Crippen molar-refractivity contribution in [1.29, 1.82) is 0 Å². The second kappa shape index (κ2) is 3.57. The molecule has 1 heterocycles. The Kier molecular flexibility index (Phi) is 2.24. The predicted molar refractivity (Wildman–Crippen MR) is 67.3 cm³/mol. The van der Waals surface area contributed by atoms with E-state index in [1.54, 1.807) is 12.1 Å². The fraction of sp³-hybridized carbons (Fsp3) is 0.429. The molecule has 1 fully saturated rings. The van der Waals surface area contributed by atoms with Gasteiger partial charge in [0.2, 0.25) is 0 Å². The van der Waals surface area contributed by atoms with Gasteiger partial charge in [-0.2, -0.15) is 4.98 Å². The van der Waals surface area contributed by atoms with Crippen LogP contribution in [0.3, 0.4) is 0 Å². The number of hydrogen-bond donors (Lipinski definition) is 1. The zero-order valence-corrected chi connectivity index (χ0v) is 10.8. The number of rotatable bonds is 2. The van der Waals surface area contributed by atoms with Gasteiger partial charge in [0.1, 0.15) is 5.75 Å². The Balaban J connectivity index is 1.91. The van der Waals surface area contributed by atoms with Gasteiger partial charge in [0.05, 0.1) is 0 Å². The van der Waals surface area contributed by atoms with E-state index >= 15 is 0 Å². The monoisotopic (exact) mass is 244 g/mol. The maximum Gasteiger partial charge on any atom is 0.257 e. The van der Waals surface area contributed by atoms with Crippen LogP contribution in [-0.2, 0) is 0 Å². The van der Waals surface area contributed by atoms with Crippen molar-refractivity contribution in [3.8, 4) is 17.2 Å². The molecule has 0 aliphatic heterocycles. The Morgan fingerprint density at radius 2 is 2.11 bits per heavy atom. The summed E-state index contributed by atoms with van der Waals surface area (Å²) >= 11 is 0. The van der Waals surface area contributed by atoms with E-state index in [2.05, 4.69) is 24.0 Å². The van der Waals surface area contributed by atoms with Crippen LogP contribution in [0.5, 0.6) is 5.75 Å². The lowest BCUT2D eigenvalue weighted by Gasteiger charge is -1.99. The first-order chi connectivity index (χ1) is 8.47. The molecule has 2 aromatic rings. The summed E-state index contributed by atoms with van der Waals surface area (Å²) in [5.74, 6) is 2.01. The van der Waals surface area contributed by atoms with E-state index in [9.17, 15) is 5.11 Å². The molecule has 1 aromatic heterocycles.